The Morgan fingerprint density at radius 1 is 0.967 bits per heavy atom. The summed E-state index contributed by atoms with van der Waals surface area (Å²) in [5.41, 5.74) is 6.39. The first kappa shape index (κ1) is 18.7. The Morgan fingerprint density at radius 2 is 1.87 bits per heavy atom. The van der Waals surface area contributed by atoms with Gasteiger partial charge >= 0.3 is 0 Å². The molecule has 5 nitrogen and oxygen atoms in total. The molecular formula is C25H24N4O. The number of fused-ring (bicyclic) bond motifs is 2. The lowest BCUT2D eigenvalue weighted by Crippen LogP contribution is -2.26. The summed E-state index contributed by atoms with van der Waals surface area (Å²) in [5, 5.41) is 6.41. The maximum Gasteiger partial charge on any atom is 0.168 e. The molecule has 0 atom stereocenters. The quantitative estimate of drug-likeness (QED) is 0.489. The highest BCUT2D eigenvalue weighted by atomic mass is 16.1. The molecule has 0 saturated carbocycles. The fourth-order valence-electron chi connectivity index (χ4n) is 4.17. The Balaban J connectivity index is 1.40. The van der Waals surface area contributed by atoms with Crippen LogP contribution in [0.2, 0.25) is 0 Å². The topological polar surface area (TPSA) is 51.0 Å². The van der Waals surface area contributed by atoms with Crippen molar-refractivity contribution in [3.63, 3.8) is 0 Å². The van der Waals surface area contributed by atoms with Crippen molar-refractivity contribution in [2.45, 2.75) is 19.4 Å². The van der Waals surface area contributed by atoms with Crippen molar-refractivity contribution in [2.24, 2.45) is 7.05 Å². The number of carbonyl (C=O) groups excluding carboxylic acids is 1. The minimum atomic E-state index is 0.118. The molecule has 0 unspecified atom stereocenters. The molecule has 4 aromatic rings. The number of hydrogen-bond acceptors (Lipinski definition) is 4. The first-order valence-electron chi connectivity index (χ1n) is 10.3. The van der Waals surface area contributed by atoms with E-state index >= 15 is 0 Å². The molecule has 150 valence electrons. The van der Waals surface area contributed by atoms with E-state index in [9.17, 15) is 4.79 Å². The number of nitrogens with zero attached hydrogens (tertiary/aromatic N) is 4. The van der Waals surface area contributed by atoms with Crippen molar-refractivity contribution in [1.82, 2.24) is 19.7 Å². The number of pyridine rings is 1. The van der Waals surface area contributed by atoms with E-state index in [4.69, 9.17) is 0 Å². The van der Waals surface area contributed by atoms with Gasteiger partial charge in [0.05, 0.1) is 12.6 Å². The summed E-state index contributed by atoms with van der Waals surface area (Å²) in [6.07, 6.45) is 7.03. The molecule has 0 radical (unpaired) electrons. The summed E-state index contributed by atoms with van der Waals surface area (Å²) in [7, 11) is 4.05. The third-order valence-electron chi connectivity index (χ3n) is 5.89. The second kappa shape index (κ2) is 7.50. The van der Waals surface area contributed by atoms with Gasteiger partial charge in [0.15, 0.2) is 5.78 Å². The number of rotatable bonds is 4. The summed E-state index contributed by atoms with van der Waals surface area (Å²) in [4.78, 5) is 19.8. The lowest BCUT2D eigenvalue weighted by molar-refractivity contribution is 0.0992. The number of Topliss-reactive ketones (excluding diaryl/α,β-unsaturated/α-hetero) is 1. The van der Waals surface area contributed by atoms with Gasteiger partial charge in [0.2, 0.25) is 0 Å². The third-order valence-corrected chi connectivity index (χ3v) is 5.89. The number of ketones is 1. The number of aryl methyl sites for hydroxylation is 1. The Bertz CT molecular complexity index is 1260. The van der Waals surface area contributed by atoms with Gasteiger partial charge in [0.1, 0.15) is 0 Å². The molecule has 1 aliphatic heterocycles. The van der Waals surface area contributed by atoms with Crippen LogP contribution in [0.5, 0.6) is 0 Å². The van der Waals surface area contributed by atoms with Crippen LogP contribution in [0, 0.1) is 0 Å². The van der Waals surface area contributed by atoms with Gasteiger partial charge in [-0.1, -0.05) is 24.3 Å². The lowest BCUT2D eigenvalue weighted by Gasteiger charge is -2.25. The predicted octanol–water partition coefficient (Wildman–Crippen LogP) is 4.05. The van der Waals surface area contributed by atoms with E-state index in [1.807, 2.05) is 37.8 Å². The molecular weight excluding hydrogens is 372 g/mol. The monoisotopic (exact) mass is 396 g/mol. The first-order valence-corrected chi connectivity index (χ1v) is 10.3. The largest absolute Gasteiger partial charge is 0.302 e. The average Bonchev–Trinajstić information content (AvgIpc) is 3.19. The summed E-state index contributed by atoms with van der Waals surface area (Å²) in [6, 6.07) is 14.4. The zero-order chi connectivity index (χ0) is 20.7. The third kappa shape index (κ3) is 3.64. The molecule has 0 bridgehead atoms. The van der Waals surface area contributed by atoms with E-state index in [0.717, 1.165) is 52.7 Å². The Hall–Kier alpha value is -3.31. The molecule has 3 heterocycles. The molecule has 30 heavy (non-hydrogen) atoms. The normalized spacial score (nSPS) is 14.1. The van der Waals surface area contributed by atoms with Crippen molar-refractivity contribution in [1.29, 1.82) is 0 Å². The second-order valence-electron chi connectivity index (χ2n) is 8.21. The molecule has 0 saturated heterocycles. The highest BCUT2D eigenvalue weighted by Crippen LogP contribution is 2.25. The molecule has 5 heteroatoms. The number of carbonyl (C=O) groups is 1. The summed E-state index contributed by atoms with van der Waals surface area (Å²) >= 11 is 0. The van der Waals surface area contributed by atoms with Crippen LogP contribution >= 0.6 is 0 Å². The maximum absolute atomic E-state index is 12.9. The van der Waals surface area contributed by atoms with Crippen molar-refractivity contribution in [3.8, 4) is 11.1 Å². The zero-order valence-electron chi connectivity index (χ0n) is 17.3. The molecule has 5 rings (SSSR count). The van der Waals surface area contributed by atoms with Gasteiger partial charge in [-0.15, -0.1) is 0 Å². The van der Waals surface area contributed by atoms with E-state index < -0.39 is 0 Å². The summed E-state index contributed by atoms with van der Waals surface area (Å²) < 4.78 is 1.80. The van der Waals surface area contributed by atoms with Crippen molar-refractivity contribution >= 4 is 16.6 Å². The molecule has 0 amide bonds. The van der Waals surface area contributed by atoms with Crippen LogP contribution in [0.1, 0.15) is 27.2 Å². The summed E-state index contributed by atoms with van der Waals surface area (Å²) in [5.74, 6) is 0.118. The van der Waals surface area contributed by atoms with Gasteiger partial charge in [0.25, 0.3) is 0 Å². The average molecular weight is 396 g/mol. The van der Waals surface area contributed by atoms with Crippen LogP contribution in [0.4, 0.5) is 0 Å². The Morgan fingerprint density at radius 3 is 2.70 bits per heavy atom. The minimum absolute atomic E-state index is 0.118. The Labute approximate surface area is 176 Å². The van der Waals surface area contributed by atoms with Crippen LogP contribution in [0.3, 0.4) is 0 Å². The van der Waals surface area contributed by atoms with E-state index in [-0.39, 0.29) is 5.78 Å². The predicted molar refractivity (Wildman–Crippen MR) is 118 cm³/mol. The van der Waals surface area contributed by atoms with Crippen LogP contribution in [-0.4, -0.2) is 39.0 Å². The lowest BCUT2D eigenvalue weighted by atomic mass is 9.95. The highest BCUT2D eigenvalue weighted by Gasteiger charge is 2.16. The smallest absolute Gasteiger partial charge is 0.168 e. The van der Waals surface area contributed by atoms with E-state index in [1.165, 1.54) is 11.1 Å². The summed E-state index contributed by atoms with van der Waals surface area (Å²) in [6.45, 7) is 1.99. The van der Waals surface area contributed by atoms with Gasteiger partial charge in [0, 0.05) is 54.7 Å². The molecule has 2 aromatic heterocycles. The van der Waals surface area contributed by atoms with E-state index in [2.05, 4.69) is 52.4 Å². The van der Waals surface area contributed by atoms with E-state index in [1.54, 1.807) is 4.68 Å². The fourth-order valence-corrected chi connectivity index (χ4v) is 4.17. The number of benzene rings is 2. The molecule has 2 aromatic carbocycles. The first-order chi connectivity index (χ1) is 14.5. The van der Waals surface area contributed by atoms with Gasteiger partial charge in [-0.3, -0.25) is 14.5 Å². The van der Waals surface area contributed by atoms with Crippen LogP contribution in [-0.2, 0) is 26.4 Å². The minimum Gasteiger partial charge on any atom is -0.302 e. The van der Waals surface area contributed by atoms with Crippen molar-refractivity contribution in [2.75, 3.05) is 13.6 Å². The highest BCUT2D eigenvalue weighted by molar-refractivity contribution is 5.98. The zero-order valence-corrected chi connectivity index (χ0v) is 17.3. The second-order valence-corrected chi connectivity index (χ2v) is 8.21. The molecule has 0 fully saturated rings. The number of aromatic nitrogens is 3. The number of hydrogen-bond donors (Lipinski definition) is 0. The van der Waals surface area contributed by atoms with Crippen molar-refractivity contribution in [3.05, 3.63) is 83.4 Å². The molecule has 1 aliphatic rings. The van der Waals surface area contributed by atoms with Gasteiger partial charge in [-0.25, -0.2) is 0 Å². The van der Waals surface area contributed by atoms with Gasteiger partial charge in [-0.2, -0.15) is 5.10 Å². The molecule has 0 N–H and O–H groups in total. The van der Waals surface area contributed by atoms with Gasteiger partial charge in [-0.05, 0) is 53.7 Å². The van der Waals surface area contributed by atoms with Crippen LogP contribution in [0.25, 0.3) is 21.9 Å². The van der Waals surface area contributed by atoms with Crippen molar-refractivity contribution < 1.29 is 4.79 Å². The molecule has 0 spiro atoms. The SMILES string of the molecule is CN1CCc2cc(C(=O)Cc3cc4cc(-c5cnn(C)c5)ccc4cn3)ccc2C1. The number of likely N-dealkylation sites (N-methyl/N-ethyl adjacent to an activating group) is 1. The van der Waals surface area contributed by atoms with Crippen LogP contribution in [0.15, 0.2) is 61.1 Å². The van der Waals surface area contributed by atoms with Crippen LogP contribution < -0.4 is 0 Å². The van der Waals surface area contributed by atoms with Gasteiger partial charge < -0.3 is 4.90 Å². The standard InChI is InChI=1S/C25H24N4O/c1-28-8-7-18-9-19(4-6-21(18)15-28)25(30)12-24-11-22-10-17(3-5-20(22)13-26-24)23-14-27-29(2)16-23/h3-6,9-11,13-14,16H,7-8,12,15H2,1-2H3. The molecule has 0 aliphatic carbocycles. The van der Waals surface area contributed by atoms with E-state index in [0.29, 0.717) is 6.42 Å². The maximum atomic E-state index is 12.9. The fraction of sp³-hybridized carbons (Fsp3) is 0.240. The Kier molecular flexibility index (Phi) is 4.68.